The zero-order valence-electron chi connectivity index (χ0n) is 10.7. The number of rotatable bonds is 6. The predicted octanol–water partition coefficient (Wildman–Crippen LogP) is 2.02. The van der Waals surface area contributed by atoms with E-state index in [1.54, 1.807) is 6.07 Å². The van der Waals surface area contributed by atoms with Gasteiger partial charge in [0.15, 0.2) is 0 Å². The first-order chi connectivity index (χ1) is 8.42. The van der Waals surface area contributed by atoms with Crippen LogP contribution in [0.2, 0.25) is 0 Å². The van der Waals surface area contributed by atoms with Gasteiger partial charge in [-0.15, -0.1) is 11.3 Å². The van der Waals surface area contributed by atoms with E-state index in [2.05, 4.69) is 11.6 Å². The maximum Gasteiger partial charge on any atom is 0.250 e. The molecule has 2 N–H and O–H groups in total. The molecule has 0 aromatic carbocycles. The second-order valence-corrected chi connectivity index (χ2v) is 8.14. The summed E-state index contributed by atoms with van der Waals surface area (Å²) in [7, 11) is -3.42. The van der Waals surface area contributed by atoms with Crippen LogP contribution in [0.15, 0.2) is 10.3 Å². The van der Waals surface area contributed by atoms with Crippen molar-refractivity contribution in [2.24, 2.45) is 5.41 Å². The SMILES string of the molecule is CCC1(CNS(=O)(=O)c2cc(C)c(CO)s2)CC1. The lowest BCUT2D eigenvalue weighted by Gasteiger charge is -2.12. The number of aliphatic hydroxyl groups excluding tert-OH is 1. The highest BCUT2D eigenvalue weighted by molar-refractivity contribution is 7.91. The smallest absolute Gasteiger partial charge is 0.250 e. The summed E-state index contributed by atoms with van der Waals surface area (Å²) in [6.07, 6.45) is 3.23. The molecule has 1 fully saturated rings. The molecule has 0 atom stereocenters. The molecule has 6 heteroatoms. The quantitative estimate of drug-likeness (QED) is 0.842. The standard InChI is InChI=1S/C12H19NO3S2/c1-3-12(4-5-12)8-13-18(15,16)11-6-9(2)10(7-14)17-11/h6,13-14H,3-5,7-8H2,1-2H3. The molecule has 0 saturated heterocycles. The molecule has 0 unspecified atom stereocenters. The van der Waals surface area contributed by atoms with Crippen molar-refractivity contribution in [3.8, 4) is 0 Å². The zero-order chi connectivity index (χ0) is 13.4. The molecule has 1 aromatic rings. The molecule has 4 nitrogen and oxygen atoms in total. The van der Waals surface area contributed by atoms with Gasteiger partial charge in [0, 0.05) is 11.4 Å². The van der Waals surface area contributed by atoms with Crippen molar-refractivity contribution >= 4 is 21.4 Å². The van der Waals surface area contributed by atoms with Crippen molar-refractivity contribution in [3.63, 3.8) is 0 Å². The van der Waals surface area contributed by atoms with Crippen LogP contribution in [-0.2, 0) is 16.6 Å². The average molecular weight is 289 g/mol. The van der Waals surface area contributed by atoms with Gasteiger partial charge in [-0.2, -0.15) is 0 Å². The first kappa shape index (κ1) is 14.0. The number of hydrogen-bond acceptors (Lipinski definition) is 4. The van der Waals surface area contributed by atoms with E-state index in [1.807, 2.05) is 6.92 Å². The lowest BCUT2D eigenvalue weighted by Crippen LogP contribution is -2.29. The van der Waals surface area contributed by atoms with E-state index in [0.29, 0.717) is 15.6 Å². The molecule has 1 aromatic heterocycles. The van der Waals surface area contributed by atoms with E-state index in [9.17, 15) is 8.42 Å². The van der Waals surface area contributed by atoms with Crippen LogP contribution in [0.25, 0.3) is 0 Å². The van der Waals surface area contributed by atoms with Crippen molar-refractivity contribution < 1.29 is 13.5 Å². The molecule has 102 valence electrons. The van der Waals surface area contributed by atoms with Gasteiger partial charge in [-0.05, 0) is 43.2 Å². The molecule has 1 aliphatic carbocycles. The third-order valence-corrected chi connectivity index (χ3v) is 6.85. The Balaban J connectivity index is 2.10. The fraction of sp³-hybridized carbons (Fsp3) is 0.667. The molecule has 0 bridgehead atoms. The fourth-order valence-electron chi connectivity index (χ4n) is 1.93. The summed E-state index contributed by atoms with van der Waals surface area (Å²) in [5.41, 5.74) is 1.03. The van der Waals surface area contributed by atoms with Crippen LogP contribution in [0.1, 0.15) is 36.6 Å². The lowest BCUT2D eigenvalue weighted by molar-refractivity contribution is 0.285. The summed E-state index contributed by atoms with van der Waals surface area (Å²) in [4.78, 5) is 0.715. The Kier molecular flexibility index (Phi) is 3.82. The van der Waals surface area contributed by atoms with Gasteiger partial charge in [0.05, 0.1) is 6.61 Å². The second-order valence-electron chi connectivity index (χ2n) is 5.01. The first-order valence-corrected chi connectivity index (χ1v) is 8.42. The van der Waals surface area contributed by atoms with Crippen LogP contribution in [0, 0.1) is 12.3 Å². The van der Waals surface area contributed by atoms with Crippen molar-refractivity contribution in [2.45, 2.75) is 43.9 Å². The van der Waals surface area contributed by atoms with Gasteiger partial charge < -0.3 is 5.11 Å². The predicted molar refractivity (Wildman–Crippen MR) is 72.1 cm³/mol. The van der Waals surface area contributed by atoms with E-state index < -0.39 is 10.0 Å². The molecule has 0 spiro atoms. The van der Waals surface area contributed by atoms with Crippen LogP contribution >= 0.6 is 11.3 Å². The van der Waals surface area contributed by atoms with Crippen molar-refractivity contribution in [1.29, 1.82) is 0 Å². The maximum absolute atomic E-state index is 12.1. The van der Waals surface area contributed by atoms with Crippen LogP contribution in [0.3, 0.4) is 0 Å². The molecule has 1 saturated carbocycles. The van der Waals surface area contributed by atoms with Crippen LogP contribution in [-0.4, -0.2) is 20.1 Å². The third kappa shape index (κ3) is 2.77. The summed E-state index contributed by atoms with van der Waals surface area (Å²) < 4.78 is 27.2. The minimum atomic E-state index is -3.42. The van der Waals surface area contributed by atoms with E-state index in [4.69, 9.17) is 5.11 Å². The van der Waals surface area contributed by atoms with E-state index in [-0.39, 0.29) is 12.0 Å². The Bertz CT molecular complexity index is 530. The molecule has 1 aliphatic rings. The molecular formula is C12H19NO3S2. The van der Waals surface area contributed by atoms with E-state index >= 15 is 0 Å². The highest BCUT2D eigenvalue weighted by Crippen LogP contribution is 2.48. The Morgan fingerprint density at radius 3 is 2.61 bits per heavy atom. The lowest BCUT2D eigenvalue weighted by atomic mass is 10.1. The van der Waals surface area contributed by atoms with E-state index in [0.717, 1.165) is 36.2 Å². The molecule has 0 amide bonds. The highest BCUT2D eigenvalue weighted by Gasteiger charge is 2.41. The number of hydrogen-bond donors (Lipinski definition) is 2. The topological polar surface area (TPSA) is 66.4 Å². The highest BCUT2D eigenvalue weighted by atomic mass is 32.2. The Hall–Kier alpha value is -0.430. The third-order valence-electron chi connectivity index (χ3n) is 3.75. The minimum Gasteiger partial charge on any atom is -0.391 e. The maximum atomic E-state index is 12.1. The van der Waals surface area contributed by atoms with Crippen molar-refractivity contribution in [2.75, 3.05) is 6.54 Å². The minimum absolute atomic E-state index is 0.106. The number of aliphatic hydroxyl groups is 1. The van der Waals surface area contributed by atoms with Crippen LogP contribution in [0.4, 0.5) is 0 Å². The van der Waals surface area contributed by atoms with Gasteiger partial charge in [0.25, 0.3) is 0 Å². The Morgan fingerprint density at radius 2 is 2.17 bits per heavy atom. The Morgan fingerprint density at radius 1 is 1.50 bits per heavy atom. The average Bonchev–Trinajstić information content (AvgIpc) is 3.03. The summed E-state index contributed by atoms with van der Waals surface area (Å²) in [5, 5.41) is 9.10. The van der Waals surface area contributed by atoms with Gasteiger partial charge in [0.1, 0.15) is 4.21 Å². The molecule has 0 radical (unpaired) electrons. The molecular weight excluding hydrogens is 270 g/mol. The largest absolute Gasteiger partial charge is 0.391 e. The second kappa shape index (κ2) is 4.92. The molecule has 18 heavy (non-hydrogen) atoms. The molecule has 1 heterocycles. The fourth-order valence-corrected chi connectivity index (χ4v) is 4.58. The number of sulfonamides is 1. The number of thiophene rings is 1. The summed E-state index contributed by atoms with van der Waals surface area (Å²) in [6, 6.07) is 1.63. The molecule has 2 rings (SSSR count). The summed E-state index contributed by atoms with van der Waals surface area (Å²) >= 11 is 1.14. The van der Waals surface area contributed by atoms with Crippen molar-refractivity contribution in [3.05, 3.63) is 16.5 Å². The van der Waals surface area contributed by atoms with Gasteiger partial charge >= 0.3 is 0 Å². The van der Waals surface area contributed by atoms with Crippen LogP contribution < -0.4 is 4.72 Å². The van der Waals surface area contributed by atoms with Gasteiger partial charge in [-0.3, -0.25) is 0 Å². The Labute approximate surface area is 112 Å². The summed E-state index contributed by atoms with van der Waals surface area (Å²) in [5.74, 6) is 0. The van der Waals surface area contributed by atoms with Gasteiger partial charge in [0.2, 0.25) is 10.0 Å². The van der Waals surface area contributed by atoms with Gasteiger partial charge in [-0.25, -0.2) is 13.1 Å². The summed E-state index contributed by atoms with van der Waals surface area (Å²) in [6.45, 7) is 4.33. The molecule has 0 aliphatic heterocycles. The zero-order valence-corrected chi connectivity index (χ0v) is 12.3. The van der Waals surface area contributed by atoms with Crippen molar-refractivity contribution in [1.82, 2.24) is 4.72 Å². The monoisotopic (exact) mass is 289 g/mol. The number of nitrogens with one attached hydrogen (secondary N) is 1. The first-order valence-electron chi connectivity index (χ1n) is 6.12. The van der Waals surface area contributed by atoms with Gasteiger partial charge in [-0.1, -0.05) is 6.92 Å². The van der Waals surface area contributed by atoms with E-state index in [1.165, 1.54) is 0 Å². The number of aryl methyl sites for hydroxylation is 1. The normalized spacial score (nSPS) is 17.9. The van der Waals surface area contributed by atoms with Crippen LogP contribution in [0.5, 0.6) is 0 Å².